The van der Waals surface area contributed by atoms with Gasteiger partial charge in [0.1, 0.15) is 18.9 Å². The third-order valence-corrected chi connectivity index (χ3v) is 3.77. The van der Waals surface area contributed by atoms with Gasteiger partial charge in [-0.25, -0.2) is 0 Å². The van der Waals surface area contributed by atoms with E-state index in [1.807, 2.05) is 19.6 Å². The SMILES string of the molecule is CC(C)(C(=O)O)C(=O)[Si](C)(C)C. The summed E-state index contributed by atoms with van der Waals surface area (Å²) in [5.41, 5.74) is -1.22. The van der Waals surface area contributed by atoms with Gasteiger partial charge in [0.15, 0.2) is 0 Å². The van der Waals surface area contributed by atoms with Crippen molar-refractivity contribution in [2.45, 2.75) is 33.5 Å². The molecule has 0 heterocycles. The molecule has 0 spiro atoms. The molecular weight excluding hydrogens is 172 g/mol. The van der Waals surface area contributed by atoms with Crippen LogP contribution in [0.15, 0.2) is 0 Å². The Balaban J connectivity index is 4.83. The number of rotatable bonds is 3. The number of hydrogen-bond donors (Lipinski definition) is 1. The zero-order valence-corrected chi connectivity index (χ0v) is 9.26. The smallest absolute Gasteiger partial charge is 0.316 e. The molecule has 4 heteroatoms. The number of hydrogen-bond acceptors (Lipinski definition) is 2. The van der Waals surface area contributed by atoms with E-state index in [4.69, 9.17) is 5.11 Å². The monoisotopic (exact) mass is 188 g/mol. The van der Waals surface area contributed by atoms with Crippen LogP contribution in [0.4, 0.5) is 0 Å². The van der Waals surface area contributed by atoms with Gasteiger partial charge in [-0.3, -0.25) is 4.79 Å². The molecule has 0 rings (SSSR count). The van der Waals surface area contributed by atoms with E-state index in [0.717, 1.165) is 0 Å². The van der Waals surface area contributed by atoms with Gasteiger partial charge in [-0.2, -0.15) is 0 Å². The van der Waals surface area contributed by atoms with Crippen molar-refractivity contribution in [3.8, 4) is 0 Å². The van der Waals surface area contributed by atoms with Gasteiger partial charge in [0.05, 0.1) is 0 Å². The fourth-order valence-electron chi connectivity index (χ4n) is 1.03. The molecular formula is C8H16O3Si. The lowest BCUT2D eigenvalue weighted by Gasteiger charge is -2.25. The first-order chi connectivity index (χ1) is 5.10. The molecule has 0 aliphatic heterocycles. The molecule has 0 aromatic carbocycles. The quantitative estimate of drug-likeness (QED) is 0.540. The minimum absolute atomic E-state index is 0.109. The maximum atomic E-state index is 11.6. The van der Waals surface area contributed by atoms with Crippen molar-refractivity contribution in [1.82, 2.24) is 0 Å². The molecule has 1 N–H and O–H groups in total. The summed E-state index contributed by atoms with van der Waals surface area (Å²) in [6.45, 7) is 8.52. The number of carbonyl (C=O) groups excluding carboxylic acids is 1. The largest absolute Gasteiger partial charge is 0.481 e. The second kappa shape index (κ2) is 3.01. The second-order valence-electron chi connectivity index (χ2n) is 4.51. The molecule has 0 saturated carbocycles. The Hall–Kier alpha value is -0.643. The molecule has 0 fully saturated rings. The molecule has 0 unspecified atom stereocenters. The molecule has 0 aliphatic carbocycles. The third-order valence-electron chi connectivity index (χ3n) is 1.78. The standard InChI is InChI=1S/C8H16O3Si/c1-8(2,6(9)10)7(11)12(3,4)5/h1-5H3,(H,9,10). The number of carbonyl (C=O) groups is 2. The first kappa shape index (κ1) is 11.4. The summed E-state index contributed by atoms with van der Waals surface area (Å²) < 4.78 is 0. The van der Waals surface area contributed by atoms with Crippen molar-refractivity contribution in [3.63, 3.8) is 0 Å². The Labute approximate surface area is 73.8 Å². The predicted octanol–water partition coefficient (Wildman–Crippen LogP) is 1.54. The van der Waals surface area contributed by atoms with E-state index in [0.29, 0.717) is 0 Å². The Bertz CT molecular complexity index is 213. The average molecular weight is 188 g/mol. The maximum Gasteiger partial charge on any atom is 0.316 e. The highest BCUT2D eigenvalue weighted by Gasteiger charge is 2.42. The van der Waals surface area contributed by atoms with Gasteiger partial charge in [-0.15, -0.1) is 0 Å². The van der Waals surface area contributed by atoms with Crippen molar-refractivity contribution in [1.29, 1.82) is 0 Å². The summed E-state index contributed by atoms with van der Waals surface area (Å²) >= 11 is 0. The van der Waals surface area contributed by atoms with Crippen LogP contribution in [0.3, 0.4) is 0 Å². The van der Waals surface area contributed by atoms with Gasteiger partial charge < -0.3 is 9.90 Å². The first-order valence-corrected chi connectivity index (χ1v) is 7.38. The van der Waals surface area contributed by atoms with E-state index in [2.05, 4.69) is 0 Å². The summed E-state index contributed by atoms with van der Waals surface area (Å²) in [4.78, 5) is 22.3. The van der Waals surface area contributed by atoms with Crippen molar-refractivity contribution < 1.29 is 14.7 Å². The third kappa shape index (κ3) is 2.17. The summed E-state index contributed by atoms with van der Waals surface area (Å²) in [7, 11) is -1.98. The van der Waals surface area contributed by atoms with Crippen LogP contribution in [0.25, 0.3) is 0 Å². The van der Waals surface area contributed by atoms with Gasteiger partial charge in [0, 0.05) is 0 Å². The second-order valence-corrected chi connectivity index (χ2v) is 9.46. The summed E-state index contributed by atoms with van der Waals surface area (Å²) in [6.07, 6.45) is 0. The Morgan fingerprint density at radius 3 is 1.58 bits per heavy atom. The predicted molar refractivity (Wildman–Crippen MR) is 49.8 cm³/mol. The minimum atomic E-state index is -1.98. The Morgan fingerprint density at radius 2 is 1.50 bits per heavy atom. The van der Waals surface area contributed by atoms with Crippen LogP contribution < -0.4 is 0 Å². The molecule has 3 nitrogen and oxygen atoms in total. The van der Waals surface area contributed by atoms with Gasteiger partial charge in [-0.1, -0.05) is 19.6 Å². The van der Waals surface area contributed by atoms with Gasteiger partial charge in [0.2, 0.25) is 0 Å². The van der Waals surface area contributed by atoms with Gasteiger partial charge in [0.25, 0.3) is 0 Å². The number of carboxylic acid groups (broad SMARTS) is 1. The number of carboxylic acids is 1. The lowest BCUT2D eigenvalue weighted by Crippen LogP contribution is -2.47. The van der Waals surface area contributed by atoms with Gasteiger partial charge in [-0.05, 0) is 13.8 Å². The lowest BCUT2D eigenvalue weighted by atomic mass is 9.96. The van der Waals surface area contributed by atoms with E-state index in [1.165, 1.54) is 13.8 Å². The molecule has 12 heavy (non-hydrogen) atoms. The minimum Gasteiger partial charge on any atom is -0.481 e. The van der Waals surface area contributed by atoms with Crippen molar-refractivity contribution in [2.24, 2.45) is 5.41 Å². The summed E-state index contributed by atoms with van der Waals surface area (Å²) in [5.74, 6) is -1.03. The molecule has 0 saturated heterocycles. The van der Waals surface area contributed by atoms with Crippen LogP contribution >= 0.6 is 0 Å². The van der Waals surface area contributed by atoms with Crippen LogP contribution in [0.1, 0.15) is 13.8 Å². The van der Waals surface area contributed by atoms with E-state index >= 15 is 0 Å². The van der Waals surface area contributed by atoms with Crippen LogP contribution in [0.5, 0.6) is 0 Å². The van der Waals surface area contributed by atoms with Crippen molar-refractivity contribution >= 4 is 19.4 Å². The zero-order valence-electron chi connectivity index (χ0n) is 8.26. The highest BCUT2D eigenvalue weighted by atomic mass is 28.3. The van der Waals surface area contributed by atoms with E-state index in [-0.39, 0.29) is 5.41 Å². The fourth-order valence-corrected chi connectivity index (χ4v) is 3.02. The van der Waals surface area contributed by atoms with Crippen LogP contribution in [0, 0.1) is 5.41 Å². The number of aliphatic carboxylic acids is 1. The van der Waals surface area contributed by atoms with Crippen molar-refractivity contribution in [2.75, 3.05) is 0 Å². The lowest BCUT2D eigenvalue weighted by molar-refractivity contribution is -0.150. The van der Waals surface area contributed by atoms with Crippen LogP contribution in [-0.2, 0) is 9.59 Å². The summed E-state index contributed by atoms with van der Waals surface area (Å²) in [6, 6.07) is 0. The maximum absolute atomic E-state index is 11.6. The molecule has 0 amide bonds. The Morgan fingerprint density at radius 1 is 1.17 bits per heavy atom. The normalized spacial score (nSPS) is 12.8. The Kier molecular flexibility index (Phi) is 2.85. The fraction of sp³-hybridized carbons (Fsp3) is 0.750. The first-order valence-electron chi connectivity index (χ1n) is 3.88. The van der Waals surface area contributed by atoms with Crippen molar-refractivity contribution in [3.05, 3.63) is 0 Å². The molecule has 0 radical (unpaired) electrons. The van der Waals surface area contributed by atoms with E-state index < -0.39 is 19.5 Å². The summed E-state index contributed by atoms with van der Waals surface area (Å²) in [5, 5.41) is 8.67. The topological polar surface area (TPSA) is 54.4 Å². The molecule has 0 bridgehead atoms. The molecule has 0 aromatic heterocycles. The van der Waals surface area contributed by atoms with Crippen LogP contribution in [0.2, 0.25) is 19.6 Å². The highest BCUT2D eigenvalue weighted by Crippen LogP contribution is 2.22. The molecule has 0 atom stereocenters. The zero-order chi connectivity index (χ0) is 10.2. The highest BCUT2D eigenvalue weighted by molar-refractivity contribution is 7.04. The van der Waals surface area contributed by atoms with E-state index in [1.54, 1.807) is 0 Å². The molecule has 0 aliphatic rings. The van der Waals surface area contributed by atoms with E-state index in [9.17, 15) is 9.59 Å². The van der Waals surface area contributed by atoms with Crippen LogP contribution in [-0.4, -0.2) is 24.6 Å². The molecule has 0 aromatic rings. The average Bonchev–Trinajstić information content (AvgIpc) is 1.83. The molecule has 70 valence electrons. The van der Waals surface area contributed by atoms with Gasteiger partial charge >= 0.3 is 5.97 Å².